The molecule has 40 heavy (non-hydrogen) atoms. The molecule has 1 amide bonds. The Kier molecular flexibility index (Phi) is 13.0. The van der Waals surface area contributed by atoms with Gasteiger partial charge in [0.25, 0.3) is 5.91 Å². The van der Waals surface area contributed by atoms with Gasteiger partial charge in [-0.15, -0.1) is 0 Å². The highest BCUT2D eigenvalue weighted by Crippen LogP contribution is 2.40. The molecule has 2 aliphatic heterocycles. The van der Waals surface area contributed by atoms with Gasteiger partial charge < -0.3 is 39.6 Å². The summed E-state index contributed by atoms with van der Waals surface area (Å²) in [7, 11) is 2.87. The summed E-state index contributed by atoms with van der Waals surface area (Å²) in [6.07, 6.45) is 6.11. The fourth-order valence-electron chi connectivity index (χ4n) is 5.27. The van der Waals surface area contributed by atoms with Crippen molar-refractivity contribution in [3.8, 4) is 0 Å². The average Bonchev–Trinajstić information content (AvgIpc) is 2.90. The standard InChI is InChI=1S/C30H49NO9/c1-19-18-30(38-7,40-21(3)20(19)2)26(35)27(36)31-28(37-6)23-15-16-29(4,5)24(39-23)17-22(32)13-11-9-8-10-12-14-25(33)34/h8,10,12,14,20-24,26,28,32,35H,1,9,11,13,15-18H2,2-7H3,(H,31,36)(H,33,34)/b10-8+,14-12+/t20-,21-,22-,23+,24-,26-,28?,30-/m1/s1. The number of carbonyl (C=O) groups is 2. The Morgan fingerprint density at radius 2 is 1.93 bits per heavy atom. The van der Waals surface area contributed by atoms with Crippen molar-refractivity contribution in [3.05, 3.63) is 36.5 Å². The van der Waals surface area contributed by atoms with Crippen molar-refractivity contribution in [1.82, 2.24) is 5.32 Å². The number of allylic oxidation sites excluding steroid dienone is 3. The van der Waals surface area contributed by atoms with Gasteiger partial charge in [0.15, 0.2) is 12.3 Å². The summed E-state index contributed by atoms with van der Waals surface area (Å²) in [5.74, 6) is -3.17. The van der Waals surface area contributed by atoms with E-state index in [9.17, 15) is 19.8 Å². The van der Waals surface area contributed by atoms with Gasteiger partial charge in [-0.3, -0.25) is 4.79 Å². The molecule has 0 aromatic heterocycles. The van der Waals surface area contributed by atoms with E-state index in [0.717, 1.165) is 30.9 Å². The number of aliphatic hydroxyl groups is 2. The summed E-state index contributed by atoms with van der Waals surface area (Å²) in [4.78, 5) is 23.7. The van der Waals surface area contributed by atoms with Gasteiger partial charge in [0.1, 0.15) is 6.10 Å². The lowest BCUT2D eigenvalue weighted by molar-refractivity contribution is -0.298. The van der Waals surface area contributed by atoms with Crippen LogP contribution in [0.15, 0.2) is 36.5 Å². The van der Waals surface area contributed by atoms with Crippen LogP contribution in [0.4, 0.5) is 0 Å². The first-order chi connectivity index (χ1) is 18.8. The fourth-order valence-corrected chi connectivity index (χ4v) is 5.27. The molecule has 0 spiro atoms. The van der Waals surface area contributed by atoms with Crippen LogP contribution in [-0.4, -0.2) is 84.0 Å². The number of aliphatic hydroxyl groups excluding tert-OH is 2. The predicted octanol–water partition coefficient (Wildman–Crippen LogP) is 3.47. The third-order valence-corrected chi connectivity index (χ3v) is 8.26. The summed E-state index contributed by atoms with van der Waals surface area (Å²) in [5, 5.41) is 33.1. The van der Waals surface area contributed by atoms with Crippen LogP contribution in [0.1, 0.15) is 72.6 Å². The molecule has 4 N–H and O–H groups in total. The Labute approximate surface area is 238 Å². The van der Waals surface area contributed by atoms with E-state index in [-0.39, 0.29) is 30.0 Å². The Morgan fingerprint density at radius 1 is 1.23 bits per heavy atom. The first-order valence-corrected chi connectivity index (χ1v) is 14.1. The highest BCUT2D eigenvalue weighted by atomic mass is 16.7. The minimum atomic E-state index is -1.62. The number of nitrogens with one attached hydrogen (secondary N) is 1. The predicted molar refractivity (Wildman–Crippen MR) is 150 cm³/mol. The molecular formula is C30H49NO9. The summed E-state index contributed by atoms with van der Waals surface area (Å²) in [6, 6.07) is 0. The van der Waals surface area contributed by atoms with E-state index in [1.165, 1.54) is 20.3 Å². The zero-order valence-corrected chi connectivity index (χ0v) is 24.8. The van der Waals surface area contributed by atoms with Crippen LogP contribution in [0, 0.1) is 11.3 Å². The molecule has 0 bridgehead atoms. The maximum atomic E-state index is 13.2. The normalized spacial score (nSPS) is 31.2. The third kappa shape index (κ3) is 9.22. The molecule has 0 aromatic carbocycles. The number of rotatable bonds is 14. The first-order valence-electron chi connectivity index (χ1n) is 14.1. The van der Waals surface area contributed by atoms with E-state index >= 15 is 0 Å². The minimum Gasteiger partial charge on any atom is -0.478 e. The molecule has 8 atom stereocenters. The second-order valence-corrected chi connectivity index (χ2v) is 11.7. The lowest BCUT2D eigenvalue weighted by Crippen LogP contribution is -2.61. The molecule has 0 radical (unpaired) electrons. The van der Waals surface area contributed by atoms with Gasteiger partial charge in [-0.1, -0.05) is 51.2 Å². The SMILES string of the molecule is C=C1C[C@](OC)([C@H](O)C(=O)NC(OC)[C@@H]2CCC(C)(C)[C@@H](C[C@H](O)CCC/C=C/C=C/C(=O)O)O2)O[C@H](C)[C@@H]1C. The molecule has 2 aliphatic rings. The number of hydrogen-bond acceptors (Lipinski definition) is 8. The molecule has 10 nitrogen and oxygen atoms in total. The van der Waals surface area contributed by atoms with Crippen LogP contribution in [0.2, 0.25) is 0 Å². The number of carboxylic acid groups (broad SMARTS) is 1. The molecule has 2 heterocycles. The molecule has 1 unspecified atom stereocenters. The second kappa shape index (κ2) is 15.2. The lowest BCUT2D eigenvalue weighted by atomic mass is 9.76. The number of unbranched alkanes of at least 4 members (excludes halogenated alkanes) is 1. The summed E-state index contributed by atoms with van der Waals surface area (Å²) in [5.41, 5.74) is 0.644. The maximum absolute atomic E-state index is 13.2. The van der Waals surface area contributed by atoms with Crippen LogP contribution in [-0.2, 0) is 28.5 Å². The van der Waals surface area contributed by atoms with Crippen molar-refractivity contribution in [1.29, 1.82) is 0 Å². The van der Waals surface area contributed by atoms with Gasteiger partial charge in [0.05, 0.1) is 18.3 Å². The topological polar surface area (TPSA) is 144 Å². The average molecular weight is 568 g/mol. The van der Waals surface area contributed by atoms with Crippen molar-refractivity contribution in [3.63, 3.8) is 0 Å². The van der Waals surface area contributed by atoms with Gasteiger partial charge in [-0.2, -0.15) is 0 Å². The molecule has 10 heteroatoms. The zero-order valence-electron chi connectivity index (χ0n) is 24.8. The Hall–Kier alpha value is -2.08. The summed E-state index contributed by atoms with van der Waals surface area (Å²) < 4.78 is 23.5. The highest BCUT2D eigenvalue weighted by Gasteiger charge is 2.50. The smallest absolute Gasteiger partial charge is 0.328 e. The number of ether oxygens (including phenoxy) is 4. The fraction of sp³-hybridized carbons (Fsp3) is 0.733. The monoisotopic (exact) mass is 567 g/mol. The van der Waals surface area contributed by atoms with Gasteiger partial charge in [0.2, 0.25) is 5.79 Å². The third-order valence-electron chi connectivity index (χ3n) is 8.26. The minimum absolute atomic E-state index is 0.0639. The van der Waals surface area contributed by atoms with Crippen molar-refractivity contribution in [2.75, 3.05) is 14.2 Å². The molecule has 228 valence electrons. The molecule has 2 rings (SSSR count). The molecule has 0 aliphatic carbocycles. The number of aliphatic carboxylic acids is 1. The van der Waals surface area contributed by atoms with Crippen LogP contribution >= 0.6 is 0 Å². The van der Waals surface area contributed by atoms with E-state index in [4.69, 9.17) is 24.1 Å². The van der Waals surface area contributed by atoms with Gasteiger partial charge >= 0.3 is 5.97 Å². The Balaban J connectivity index is 1.97. The molecule has 2 saturated heterocycles. The number of carbonyl (C=O) groups excluding carboxylic acids is 1. The van der Waals surface area contributed by atoms with Crippen molar-refractivity contribution >= 4 is 11.9 Å². The maximum Gasteiger partial charge on any atom is 0.328 e. The highest BCUT2D eigenvalue weighted by molar-refractivity contribution is 5.82. The quantitative estimate of drug-likeness (QED) is 0.0815. The van der Waals surface area contributed by atoms with E-state index in [2.05, 4.69) is 25.7 Å². The van der Waals surface area contributed by atoms with Gasteiger partial charge in [0, 0.05) is 39.1 Å². The number of hydrogen-bond donors (Lipinski definition) is 4. The van der Waals surface area contributed by atoms with Crippen LogP contribution in [0.5, 0.6) is 0 Å². The molecule has 2 fully saturated rings. The number of amides is 1. The largest absolute Gasteiger partial charge is 0.478 e. The number of methoxy groups -OCH3 is 2. The van der Waals surface area contributed by atoms with Crippen LogP contribution < -0.4 is 5.32 Å². The van der Waals surface area contributed by atoms with E-state index in [1.54, 1.807) is 6.08 Å². The number of carboxylic acids is 1. The van der Waals surface area contributed by atoms with Crippen LogP contribution in [0.3, 0.4) is 0 Å². The van der Waals surface area contributed by atoms with Gasteiger partial charge in [-0.05, 0) is 44.4 Å². The Morgan fingerprint density at radius 3 is 2.52 bits per heavy atom. The Bertz CT molecular complexity index is 917. The van der Waals surface area contributed by atoms with Gasteiger partial charge in [-0.25, -0.2) is 4.79 Å². The second-order valence-electron chi connectivity index (χ2n) is 11.7. The molecular weight excluding hydrogens is 518 g/mol. The first kappa shape index (κ1) is 34.1. The lowest BCUT2D eigenvalue weighted by Gasteiger charge is -2.46. The summed E-state index contributed by atoms with van der Waals surface area (Å²) in [6.45, 7) is 12.1. The van der Waals surface area contributed by atoms with Crippen molar-refractivity contribution < 1.29 is 43.9 Å². The molecule has 0 aromatic rings. The van der Waals surface area contributed by atoms with E-state index < -0.39 is 42.2 Å². The van der Waals surface area contributed by atoms with Crippen molar-refractivity contribution in [2.45, 2.75) is 115 Å². The molecule has 0 saturated carbocycles. The van der Waals surface area contributed by atoms with Crippen molar-refractivity contribution in [2.24, 2.45) is 11.3 Å². The van der Waals surface area contributed by atoms with E-state index in [1.807, 2.05) is 19.9 Å². The zero-order chi connectivity index (χ0) is 30.1. The summed E-state index contributed by atoms with van der Waals surface area (Å²) >= 11 is 0. The van der Waals surface area contributed by atoms with Crippen LogP contribution in [0.25, 0.3) is 0 Å². The van der Waals surface area contributed by atoms with E-state index in [0.29, 0.717) is 19.3 Å².